The summed E-state index contributed by atoms with van der Waals surface area (Å²) in [6.07, 6.45) is 1.66. The van der Waals surface area contributed by atoms with Crippen LogP contribution in [0, 0.1) is 0 Å². The predicted octanol–water partition coefficient (Wildman–Crippen LogP) is 2.07. The second-order valence-corrected chi connectivity index (χ2v) is 9.26. The van der Waals surface area contributed by atoms with E-state index in [9.17, 15) is 13.2 Å². The molecule has 2 aromatic rings. The molecule has 2 aromatic carbocycles. The van der Waals surface area contributed by atoms with E-state index in [1.807, 2.05) is 12.1 Å². The van der Waals surface area contributed by atoms with Crippen LogP contribution in [0.25, 0.3) is 0 Å². The maximum absolute atomic E-state index is 13.0. The summed E-state index contributed by atoms with van der Waals surface area (Å²) >= 11 is 0. The number of methoxy groups -OCH3 is 1. The third-order valence-electron chi connectivity index (χ3n) is 5.29. The molecule has 0 radical (unpaired) electrons. The number of carbonyl (C=O) groups is 1. The van der Waals surface area contributed by atoms with E-state index in [1.54, 1.807) is 24.1 Å². The Morgan fingerprint density at radius 1 is 1.13 bits per heavy atom. The van der Waals surface area contributed by atoms with E-state index in [-0.39, 0.29) is 17.3 Å². The molecule has 2 aliphatic rings. The lowest BCUT2D eigenvalue weighted by atomic mass is 10.0. The first kappa shape index (κ1) is 20.5. The predicted molar refractivity (Wildman–Crippen MR) is 111 cm³/mol. The number of hydrogen-bond acceptors (Lipinski definition) is 6. The van der Waals surface area contributed by atoms with Crippen LogP contribution >= 0.6 is 0 Å². The van der Waals surface area contributed by atoms with E-state index in [0.717, 1.165) is 34.1 Å². The smallest absolute Gasteiger partial charge is 0.243 e. The molecule has 0 atom stereocenters. The number of aryl methyl sites for hydroxylation is 1. The zero-order valence-corrected chi connectivity index (χ0v) is 17.8. The summed E-state index contributed by atoms with van der Waals surface area (Å²) in [4.78, 5) is 14.7. The van der Waals surface area contributed by atoms with E-state index in [4.69, 9.17) is 14.2 Å². The number of hydrogen-bond donors (Lipinski definition) is 0. The first-order valence-electron chi connectivity index (χ1n) is 9.73. The molecule has 0 spiro atoms. The Labute approximate surface area is 176 Å². The minimum absolute atomic E-state index is 0.0610. The SMILES string of the molecule is COc1ccc2c(c1)CCCN2C(=O)CN(C)S(=O)(=O)c1ccc2c(c1)OCCO2. The van der Waals surface area contributed by atoms with Gasteiger partial charge in [-0.25, -0.2) is 8.42 Å². The molecule has 2 aliphatic heterocycles. The van der Waals surface area contributed by atoms with Gasteiger partial charge in [-0.1, -0.05) is 0 Å². The van der Waals surface area contributed by atoms with E-state index in [2.05, 4.69) is 0 Å². The zero-order chi connectivity index (χ0) is 21.3. The summed E-state index contributed by atoms with van der Waals surface area (Å²) in [6.45, 7) is 1.08. The number of benzene rings is 2. The molecule has 8 nitrogen and oxygen atoms in total. The average molecular weight is 432 g/mol. The lowest BCUT2D eigenvalue weighted by Gasteiger charge is -2.31. The third-order valence-corrected chi connectivity index (χ3v) is 7.09. The molecule has 0 fully saturated rings. The van der Waals surface area contributed by atoms with Crippen LogP contribution < -0.4 is 19.1 Å². The van der Waals surface area contributed by atoms with Gasteiger partial charge in [-0.15, -0.1) is 0 Å². The highest BCUT2D eigenvalue weighted by Gasteiger charge is 2.29. The van der Waals surface area contributed by atoms with Gasteiger partial charge in [-0.05, 0) is 48.7 Å². The number of carbonyl (C=O) groups excluding carboxylic acids is 1. The van der Waals surface area contributed by atoms with Crippen molar-refractivity contribution in [2.75, 3.05) is 45.4 Å². The standard InChI is InChI=1S/C21H24N2O6S/c1-22(30(25,26)17-6-8-19-20(13-17)29-11-10-28-19)14-21(24)23-9-3-4-15-12-16(27-2)5-7-18(15)23/h5-8,12-13H,3-4,9-11,14H2,1-2H3. The summed E-state index contributed by atoms with van der Waals surface area (Å²) in [5.74, 6) is 1.37. The molecule has 0 aliphatic carbocycles. The molecule has 0 bridgehead atoms. The Balaban J connectivity index is 1.52. The van der Waals surface area contributed by atoms with Crippen molar-refractivity contribution in [3.8, 4) is 17.2 Å². The number of anilines is 1. The van der Waals surface area contributed by atoms with Crippen molar-refractivity contribution < 1.29 is 27.4 Å². The molecule has 0 unspecified atom stereocenters. The Kier molecular flexibility index (Phi) is 5.57. The highest BCUT2D eigenvalue weighted by atomic mass is 32.2. The van der Waals surface area contributed by atoms with Gasteiger partial charge in [0, 0.05) is 25.3 Å². The van der Waals surface area contributed by atoms with Gasteiger partial charge in [0.05, 0.1) is 18.6 Å². The van der Waals surface area contributed by atoms with Crippen LogP contribution in [0.5, 0.6) is 17.2 Å². The van der Waals surface area contributed by atoms with Crippen LogP contribution in [-0.4, -0.2) is 59.1 Å². The fraction of sp³-hybridized carbons (Fsp3) is 0.381. The molecule has 0 aromatic heterocycles. The van der Waals surface area contributed by atoms with Gasteiger partial charge in [-0.2, -0.15) is 4.31 Å². The highest BCUT2D eigenvalue weighted by molar-refractivity contribution is 7.89. The van der Waals surface area contributed by atoms with Crippen LogP contribution in [0.1, 0.15) is 12.0 Å². The van der Waals surface area contributed by atoms with Gasteiger partial charge >= 0.3 is 0 Å². The quantitative estimate of drug-likeness (QED) is 0.719. The summed E-state index contributed by atoms with van der Waals surface area (Å²) in [5, 5.41) is 0. The average Bonchev–Trinajstić information content (AvgIpc) is 2.77. The molecule has 4 rings (SSSR count). The summed E-state index contributed by atoms with van der Waals surface area (Å²) in [7, 11) is -0.856. The number of likely N-dealkylation sites (N-methyl/N-ethyl adjacent to an activating group) is 1. The molecule has 1 amide bonds. The monoisotopic (exact) mass is 432 g/mol. The Morgan fingerprint density at radius 3 is 2.67 bits per heavy atom. The second kappa shape index (κ2) is 8.16. The Morgan fingerprint density at radius 2 is 1.90 bits per heavy atom. The van der Waals surface area contributed by atoms with Gasteiger partial charge in [0.2, 0.25) is 15.9 Å². The normalized spacial score (nSPS) is 15.6. The number of sulfonamides is 1. The van der Waals surface area contributed by atoms with Crippen molar-refractivity contribution >= 4 is 21.6 Å². The molecule has 160 valence electrons. The number of amides is 1. The van der Waals surface area contributed by atoms with Gasteiger partial charge in [0.25, 0.3) is 0 Å². The molecule has 30 heavy (non-hydrogen) atoms. The molecule has 0 saturated carbocycles. The van der Waals surface area contributed by atoms with Crippen LogP contribution in [-0.2, 0) is 21.2 Å². The van der Waals surface area contributed by atoms with Crippen molar-refractivity contribution in [2.24, 2.45) is 0 Å². The largest absolute Gasteiger partial charge is 0.497 e. The highest BCUT2D eigenvalue weighted by Crippen LogP contribution is 2.33. The van der Waals surface area contributed by atoms with Gasteiger partial charge in [-0.3, -0.25) is 4.79 Å². The topological polar surface area (TPSA) is 85.4 Å². The lowest BCUT2D eigenvalue weighted by Crippen LogP contribution is -2.43. The van der Waals surface area contributed by atoms with Crippen molar-refractivity contribution in [1.82, 2.24) is 4.31 Å². The Bertz CT molecular complexity index is 1070. The van der Waals surface area contributed by atoms with Crippen LogP contribution in [0.3, 0.4) is 0 Å². The van der Waals surface area contributed by atoms with Crippen molar-refractivity contribution in [3.63, 3.8) is 0 Å². The van der Waals surface area contributed by atoms with E-state index in [1.165, 1.54) is 19.2 Å². The molecule has 9 heteroatoms. The van der Waals surface area contributed by atoms with Crippen molar-refractivity contribution in [1.29, 1.82) is 0 Å². The fourth-order valence-electron chi connectivity index (χ4n) is 3.68. The molecule has 0 N–H and O–H groups in total. The maximum Gasteiger partial charge on any atom is 0.243 e. The van der Waals surface area contributed by atoms with Gasteiger partial charge in [0.1, 0.15) is 19.0 Å². The second-order valence-electron chi connectivity index (χ2n) is 7.21. The molecule has 0 saturated heterocycles. The van der Waals surface area contributed by atoms with Crippen LogP contribution in [0.15, 0.2) is 41.3 Å². The van der Waals surface area contributed by atoms with Gasteiger partial charge < -0.3 is 19.1 Å². The number of nitrogens with zero attached hydrogens (tertiary/aromatic N) is 2. The van der Waals surface area contributed by atoms with Crippen LogP contribution in [0.4, 0.5) is 5.69 Å². The Hall–Kier alpha value is -2.78. The first-order chi connectivity index (χ1) is 14.4. The summed E-state index contributed by atoms with van der Waals surface area (Å²) in [6, 6.07) is 10.1. The zero-order valence-electron chi connectivity index (χ0n) is 17.0. The lowest BCUT2D eigenvalue weighted by molar-refractivity contribution is -0.118. The van der Waals surface area contributed by atoms with Gasteiger partial charge in [0.15, 0.2) is 11.5 Å². The van der Waals surface area contributed by atoms with E-state index < -0.39 is 10.0 Å². The van der Waals surface area contributed by atoms with E-state index in [0.29, 0.717) is 31.3 Å². The third kappa shape index (κ3) is 3.82. The minimum atomic E-state index is -3.86. The van der Waals surface area contributed by atoms with Crippen molar-refractivity contribution in [2.45, 2.75) is 17.7 Å². The summed E-state index contributed by atoms with van der Waals surface area (Å²) in [5.41, 5.74) is 1.82. The number of rotatable bonds is 5. The van der Waals surface area contributed by atoms with Crippen LogP contribution in [0.2, 0.25) is 0 Å². The summed E-state index contributed by atoms with van der Waals surface area (Å²) < 4.78 is 43.3. The van der Waals surface area contributed by atoms with Crippen molar-refractivity contribution in [3.05, 3.63) is 42.0 Å². The number of ether oxygens (including phenoxy) is 3. The maximum atomic E-state index is 13.0. The molecular formula is C21H24N2O6S. The molecule has 2 heterocycles. The first-order valence-corrected chi connectivity index (χ1v) is 11.2. The fourth-order valence-corrected chi connectivity index (χ4v) is 4.82. The van der Waals surface area contributed by atoms with E-state index >= 15 is 0 Å². The minimum Gasteiger partial charge on any atom is -0.497 e. The number of fused-ring (bicyclic) bond motifs is 2. The molecular weight excluding hydrogens is 408 g/mol.